The molecule has 5 nitrogen and oxygen atoms in total. The first kappa shape index (κ1) is 15.9. The number of likely N-dealkylation sites (N-methyl/N-ethyl adjacent to an activating group) is 1. The molecular weight excluding hydrogens is 288 g/mol. The summed E-state index contributed by atoms with van der Waals surface area (Å²) in [4.78, 5) is 10.9. The summed E-state index contributed by atoms with van der Waals surface area (Å²) in [6, 6.07) is 4.61. The quantitative estimate of drug-likeness (QED) is 0.630. The van der Waals surface area contributed by atoms with Gasteiger partial charge in [-0.05, 0) is 24.7 Å². The van der Waals surface area contributed by atoms with Gasteiger partial charge in [0.15, 0.2) is 0 Å². The van der Waals surface area contributed by atoms with Gasteiger partial charge in [0.1, 0.15) is 5.75 Å². The van der Waals surface area contributed by atoms with E-state index in [-0.39, 0.29) is 28.6 Å². The van der Waals surface area contributed by atoms with E-state index >= 15 is 0 Å². The molecule has 0 aliphatic heterocycles. The van der Waals surface area contributed by atoms with Crippen molar-refractivity contribution in [3.63, 3.8) is 0 Å². The van der Waals surface area contributed by atoms with Gasteiger partial charge in [-0.25, -0.2) is 0 Å². The van der Waals surface area contributed by atoms with Crippen LogP contribution in [0.2, 0.25) is 0 Å². The third-order valence-corrected chi connectivity index (χ3v) is 2.11. The van der Waals surface area contributed by atoms with E-state index in [1.807, 2.05) is 0 Å². The number of nitrogens with one attached hydrogen (secondary N) is 2. The molecule has 1 amide bonds. The van der Waals surface area contributed by atoms with Gasteiger partial charge in [-0.1, -0.05) is 6.07 Å². The normalized spacial score (nSPS) is 11.5. The predicted octanol–water partition coefficient (Wildman–Crippen LogP) is 1.18. The van der Waals surface area contributed by atoms with Crippen LogP contribution >= 0.6 is 17.0 Å². The van der Waals surface area contributed by atoms with Crippen LogP contribution in [0.4, 0.5) is 5.69 Å². The fourth-order valence-corrected chi connectivity index (χ4v) is 1.36. The molecule has 4 N–H and O–H groups in total. The molecule has 1 aromatic rings. The van der Waals surface area contributed by atoms with Crippen molar-refractivity contribution in [3.05, 3.63) is 23.8 Å². The van der Waals surface area contributed by atoms with Gasteiger partial charge in [-0.3, -0.25) is 4.79 Å². The van der Waals surface area contributed by atoms with E-state index in [0.717, 1.165) is 0 Å². The monoisotopic (exact) mass is 304 g/mol. The molecule has 0 heterocycles. The lowest BCUT2D eigenvalue weighted by Crippen LogP contribution is -2.17. The first-order chi connectivity index (χ1) is 7.54. The third-order valence-electron chi connectivity index (χ3n) is 2.11. The summed E-state index contributed by atoms with van der Waals surface area (Å²) in [5.41, 5.74) is 0.941. The molecule has 0 bridgehead atoms. The SMILES string of the molecule is Br.CNCC(O)c1ccc(O)c(NC(C)=O)c1. The lowest BCUT2D eigenvalue weighted by Gasteiger charge is -2.13. The van der Waals surface area contributed by atoms with Crippen molar-refractivity contribution in [3.8, 4) is 5.75 Å². The molecule has 1 unspecified atom stereocenters. The molecule has 0 aliphatic rings. The number of carbonyl (C=O) groups is 1. The van der Waals surface area contributed by atoms with E-state index in [4.69, 9.17) is 0 Å². The van der Waals surface area contributed by atoms with E-state index in [9.17, 15) is 15.0 Å². The number of hydrogen-bond donors (Lipinski definition) is 4. The molecule has 1 atom stereocenters. The second-order valence-electron chi connectivity index (χ2n) is 3.53. The fourth-order valence-electron chi connectivity index (χ4n) is 1.36. The zero-order valence-corrected chi connectivity index (χ0v) is 11.4. The van der Waals surface area contributed by atoms with Gasteiger partial charge in [0.2, 0.25) is 5.91 Å². The van der Waals surface area contributed by atoms with Gasteiger partial charge in [0.25, 0.3) is 0 Å². The molecule has 1 rings (SSSR count). The van der Waals surface area contributed by atoms with E-state index in [2.05, 4.69) is 10.6 Å². The van der Waals surface area contributed by atoms with Crippen molar-refractivity contribution >= 4 is 28.6 Å². The van der Waals surface area contributed by atoms with Gasteiger partial charge in [-0.2, -0.15) is 0 Å². The van der Waals surface area contributed by atoms with E-state index in [0.29, 0.717) is 17.8 Å². The Morgan fingerprint density at radius 3 is 2.65 bits per heavy atom. The smallest absolute Gasteiger partial charge is 0.221 e. The third kappa shape index (κ3) is 4.72. The summed E-state index contributed by atoms with van der Waals surface area (Å²) >= 11 is 0. The van der Waals surface area contributed by atoms with Gasteiger partial charge in [-0.15, -0.1) is 17.0 Å². The molecule has 96 valence electrons. The summed E-state index contributed by atoms with van der Waals surface area (Å²) in [5, 5.41) is 24.5. The Hall–Kier alpha value is -1.11. The van der Waals surface area contributed by atoms with Crippen LogP contribution in [0.25, 0.3) is 0 Å². The molecule has 0 saturated heterocycles. The first-order valence-electron chi connectivity index (χ1n) is 4.97. The second kappa shape index (κ2) is 7.26. The fraction of sp³-hybridized carbons (Fsp3) is 0.364. The summed E-state index contributed by atoms with van der Waals surface area (Å²) < 4.78 is 0. The van der Waals surface area contributed by atoms with Crippen LogP contribution in [0.15, 0.2) is 18.2 Å². The molecule has 0 saturated carbocycles. The summed E-state index contributed by atoms with van der Waals surface area (Å²) in [5.74, 6) is -0.286. The molecule has 0 spiro atoms. The van der Waals surface area contributed by atoms with Gasteiger partial charge < -0.3 is 20.8 Å². The molecule has 6 heteroatoms. The molecular formula is C11H17BrN2O3. The number of benzene rings is 1. The van der Waals surface area contributed by atoms with Crippen molar-refractivity contribution in [2.45, 2.75) is 13.0 Å². The van der Waals surface area contributed by atoms with Gasteiger partial charge >= 0.3 is 0 Å². The van der Waals surface area contributed by atoms with Gasteiger partial charge in [0.05, 0.1) is 11.8 Å². The maximum Gasteiger partial charge on any atom is 0.221 e. The van der Waals surface area contributed by atoms with Crippen LogP contribution in [0, 0.1) is 0 Å². The average Bonchev–Trinajstić information content (AvgIpc) is 2.21. The number of halogens is 1. The number of amides is 1. The van der Waals surface area contributed by atoms with E-state index < -0.39 is 6.10 Å². The van der Waals surface area contributed by atoms with Crippen LogP contribution in [0.3, 0.4) is 0 Å². The maximum atomic E-state index is 10.9. The number of rotatable bonds is 4. The summed E-state index contributed by atoms with van der Waals surface area (Å²) in [7, 11) is 1.73. The number of phenols is 1. The van der Waals surface area contributed by atoms with E-state index in [1.165, 1.54) is 13.0 Å². The molecule has 1 aromatic carbocycles. The zero-order valence-electron chi connectivity index (χ0n) is 9.73. The average molecular weight is 305 g/mol. The Balaban J connectivity index is 0.00000256. The minimum atomic E-state index is -0.668. The summed E-state index contributed by atoms with van der Waals surface area (Å²) in [6.07, 6.45) is -0.668. The minimum absolute atomic E-state index is 0. The van der Waals surface area contributed by atoms with Crippen LogP contribution < -0.4 is 10.6 Å². The molecule has 0 fully saturated rings. The van der Waals surface area contributed by atoms with Crippen molar-refractivity contribution in [1.82, 2.24) is 5.32 Å². The van der Waals surface area contributed by atoms with Crippen LogP contribution in [0.5, 0.6) is 5.75 Å². The largest absolute Gasteiger partial charge is 0.506 e. The summed E-state index contributed by atoms with van der Waals surface area (Å²) in [6.45, 7) is 1.76. The lowest BCUT2D eigenvalue weighted by molar-refractivity contribution is -0.114. The van der Waals surface area contributed by atoms with Crippen molar-refractivity contribution in [2.75, 3.05) is 18.9 Å². The Morgan fingerprint density at radius 1 is 1.47 bits per heavy atom. The molecule has 0 aromatic heterocycles. The molecule has 0 radical (unpaired) electrons. The molecule has 0 aliphatic carbocycles. The Morgan fingerprint density at radius 2 is 2.12 bits per heavy atom. The molecule has 17 heavy (non-hydrogen) atoms. The van der Waals surface area contributed by atoms with Crippen LogP contribution in [-0.4, -0.2) is 29.7 Å². The van der Waals surface area contributed by atoms with E-state index in [1.54, 1.807) is 19.2 Å². The van der Waals surface area contributed by atoms with Crippen molar-refractivity contribution in [2.24, 2.45) is 0 Å². The second-order valence-corrected chi connectivity index (χ2v) is 3.53. The topological polar surface area (TPSA) is 81.6 Å². The lowest BCUT2D eigenvalue weighted by atomic mass is 10.1. The highest BCUT2D eigenvalue weighted by atomic mass is 79.9. The number of aliphatic hydroxyl groups excluding tert-OH is 1. The minimum Gasteiger partial charge on any atom is -0.506 e. The van der Waals surface area contributed by atoms with Crippen LogP contribution in [-0.2, 0) is 4.79 Å². The highest BCUT2D eigenvalue weighted by Crippen LogP contribution is 2.26. The maximum absolute atomic E-state index is 10.9. The highest BCUT2D eigenvalue weighted by molar-refractivity contribution is 8.93. The Labute approximate surface area is 111 Å². The first-order valence-corrected chi connectivity index (χ1v) is 4.97. The number of anilines is 1. The zero-order chi connectivity index (χ0) is 12.1. The number of aromatic hydroxyl groups is 1. The Kier molecular flexibility index (Phi) is 6.79. The predicted molar refractivity (Wildman–Crippen MR) is 71.6 cm³/mol. The van der Waals surface area contributed by atoms with Crippen LogP contribution in [0.1, 0.15) is 18.6 Å². The standard InChI is InChI=1S/C11H16N2O3.BrH/c1-7(14)13-9-5-8(3-4-10(9)15)11(16)6-12-2;/h3-5,11-12,15-16H,6H2,1-2H3,(H,13,14);1H. The highest BCUT2D eigenvalue weighted by Gasteiger charge is 2.10. The number of aliphatic hydroxyl groups is 1. The van der Waals surface area contributed by atoms with Crippen molar-refractivity contribution < 1.29 is 15.0 Å². The van der Waals surface area contributed by atoms with Crippen molar-refractivity contribution in [1.29, 1.82) is 0 Å². The number of carbonyl (C=O) groups excluding carboxylic acids is 1. The number of phenolic OH excluding ortho intramolecular Hbond substituents is 1. The number of hydrogen-bond acceptors (Lipinski definition) is 4. The van der Waals surface area contributed by atoms with Gasteiger partial charge in [0, 0.05) is 13.5 Å². The Bertz CT molecular complexity index is 385.